The van der Waals surface area contributed by atoms with Crippen LogP contribution in [0.5, 0.6) is 11.5 Å². The van der Waals surface area contributed by atoms with Crippen molar-refractivity contribution in [1.29, 1.82) is 0 Å². The van der Waals surface area contributed by atoms with Crippen molar-refractivity contribution in [1.82, 2.24) is 36.4 Å². The number of carbonyl (C=O) groups is 16. The van der Waals surface area contributed by atoms with E-state index in [9.17, 15) is 77.0 Å². The van der Waals surface area contributed by atoms with Crippen LogP contribution in [0, 0.1) is 0 Å². The summed E-state index contributed by atoms with van der Waals surface area (Å²) in [5.41, 5.74) is 0.172. The minimum atomic E-state index is -1.95. The lowest BCUT2D eigenvalue weighted by atomic mass is 9.80. The monoisotopic (exact) mass is 1820 g/mol. The molecule has 129 heavy (non-hydrogen) atoms. The van der Waals surface area contributed by atoms with Crippen LogP contribution in [0.15, 0.2) is 78.9 Å². The van der Waals surface area contributed by atoms with Crippen molar-refractivity contribution >= 4 is 95.1 Å². The molecule has 3 aliphatic rings. The average molecular weight is 1820 g/mol. The van der Waals surface area contributed by atoms with Gasteiger partial charge in [-0.3, -0.25) is 76.7 Å². The normalized spacial score (nSPS) is 21.9. The molecule has 42 heteroatoms. The van der Waals surface area contributed by atoms with E-state index in [0.29, 0.717) is 28.2 Å². The number of aliphatic hydroxyl groups is 1. The molecule has 0 aromatic heterocycles. The number of carbonyl (C=O) groups excluding carboxylic acids is 16. The van der Waals surface area contributed by atoms with Crippen LogP contribution in [0.25, 0.3) is 0 Å². The van der Waals surface area contributed by atoms with Crippen LogP contribution < -0.4 is 36.1 Å². The van der Waals surface area contributed by atoms with Crippen molar-refractivity contribution in [3.63, 3.8) is 0 Å². The summed E-state index contributed by atoms with van der Waals surface area (Å²) in [5, 5.41) is 25.9. The minimum Gasteiger partial charge on any atom is -0.497 e. The molecule has 16 atom stereocenters. The number of nitrogens with zero attached hydrogens (tertiary/aromatic N) is 2. The molecule has 0 spiro atoms. The van der Waals surface area contributed by atoms with Crippen LogP contribution in [0.1, 0.15) is 158 Å². The highest BCUT2D eigenvalue weighted by molar-refractivity contribution is 5.82. The van der Waals surface area contributed by atoms with Gasteiger partial charge in [-0.25, -0.2) is 0 Å². The van der Waals surface area contributed by atoms with Crippen molar-refractivity contribution in [2.45, 2.75) is 245 Å². The molecule has 42 nitrogen and oxygen atoms in total. The van der Waals surface area contributed by atoms with Gasteiger partial charge in [-0.05, 0) is 79.5 Å². The van der Waals surface area contributed by atoms with Crippen molar-refractivity contribution in [2.24, 2.45) is 0 Å². The number of aliphatic hydroxyl groups excluding tert-OH is 1. The Bertz CT molecular complexity index is 4170. The molecular formula is C87H121N7O35. The Hall–Kier alpha value is -11.5. The molecule has 3 aromatic rings. The van der Waals surface area contributed by atoms with E-state index in [-0.39, 0.29) is 117 Å². The van der Waals surface area contributed by atoms with Crippen LogP contribution in [0.2, 0.25) is 0 Å². The number of nitrogens with one attached hydrogen (secondary N) is 5. The number of rotatable bonds is 51. The van der Waals surface area contributed by atoms with Gasteiger partial charge in [0.05, 0.1) is 20.8 Å². The number of hydrogen-bond donors (Lipinski definition) is 6. The topological polar surface area (TPSA) is 526 Å². The van der Waals surface area contributed by atoms with Crippen LogP contribution >= 0.6 is 0 Å². The molecule has 0 bridgehead atoms. The Labute approximate surface area is 746 Å². The summed E-state index contributed by atoms with van der Waals surface area (Å²) in [6.07, 6.45) is -17.9. The van der Waals surface area contributed by atoms with E-state index in [1.165, 1.54) is 44.8 Å². The molecule has 3 aromatic carbocycles. The molecule has 7 amide bonds. The first kappa shape index (κ1) is 106. The lowest BCUT2D eigenvalue weighted by molar-refractivity contribution is -0.277. The van der Waals surface area contributed by atoms with E-state index in [1.54, 1.807) is 66.7 Å². The van der Waals surface area contributed by atoms with Crippen LogP contribution in [-0.4, -0.2) is 308 Å². The van der Waals surface area contributed by atoms with Gasteiger partial charge in [-0.1, -0.05) is 54.6 Å². The number of methoxy groups -OCH3 is 2. The largest absolute Gasteiger partial charge is 0.497 e. The Balaban J connectivity index is 1.27. The van der Waals surface area contributed by atoms with Crippen molar-refractivity contribution < 1.29 is 167 Å². The average Bonchev–Trinajstić information content (AvgIpc) is 0.751. The van der Waals surface area contributed by atoms with Crippen LogP contribution in [-0.2, 0) is 158 Å². The summed E-state index contributed by atoms with van der Waals surface area (Å²) in [6, 6.07) is 19.2. The van der Waals surface area contributed by atoms with Crippen LogP contribution in [0.3, 0.4) is 0 Å². The number of benzene rings is 3. The second kappa shape index (κ2) is 54.1. The molecule has 3 aliphatic heterocycles. The summed E-state index contributed by atoms with van der Waals surface area (Å²) in [4.78, 5) is 209. The third kappa shape index (κ3) is 35.1. The van der Waals surface area contributed by atoms with E-state index in [2.05, 4.69) is 26.6 Å². The maximum Gasteiger partial charge on any atom is 0.303 e. The predicted molar refractivity (Wildman–Crippen MR) is 445 cm³/mol. The fourth-order valence-electron chi connectivity index (χ4n) is 14.5. The first-order valence-electron chi connectivity index (χ1n) is 42.2. The van der Waals surface area contributed by atoms with E-state index in [0.717, 1.165) is 62.3 Å². The third-order valence-electron chi connectivity index (χ3n) is 20.1. The van der Waals surface area contributed by atoms with E-state index < -0.39 is 225 Å². The first-order chi connectivity index (χ1) is 61.3. The van der Waals surface area contributed by atoms with E-state index in [4.69, 9.17) is 85.3 Å². The standard InChI is InChI=1S/C87H121N7O35/c1-50(95)90-74-80(124-59(10)104)77(121-56(7)101)68(47-117-53(4)98)127-84(74)114-43-21-18-26-71(108)88-37-39-93(73(110)28-20-23-45-116-86-76(92-52(3)97)82(126-61(12)106)79(123-58(9)103)70(129-86)49-119-55(6)100)41-42-94(83(111)67(107)46-120-87(62-24-16-15-17-25-62,63-29-33-65(112-13)34-30-63)64-31-35-66(113-14)36-32-64)40-38-89-72(109)27-19-22-44-115-85-75(91-51(2)96)81(125-60(11)105)78(122-57(8)102)69(128-85)48-118-54(5)99/h15-17,24-25,29-36,67-70,74-82,84-86,107H,18-23,26-28,37-49H2,1-14H3,(H,88,108)(H,89,109)(H,90,95)(H,91,96)(H,92,97)/t67?,68?,69?,70?,74?,75?,76?,77-,78-,79-,80+,81+,82+,84+,85+,86+/m0/s1. The second-order valence-electron chi connectivity index (χ2n) is 30.4. The number of ether oxygens (including phenoxy) is 18. The molecule has 714 valence electrons. The maximum atomic E-state index is 15.3. The molecule has 0 saturated carbocycles. The van der Waals surface area contributed by atoms with Gasteiger partial charge in [0.15, 0.2) is 61.6 Å². The fourth-order valence-corrected chi connectivity index (χ4v) is 14.5. The Morgan fingerprint density at radius 2 is 0.690 bits per heavy atom. The summed E-state index contributed by atoms with van der Waals surface area (Å²) in [7, 11) is 3.01. The maximum absolute atomic E-state index is 15.3. The fraction of sp³-hybridized carbons (Fsp3) is 0.609. The zero-order valence-corrected chi connectivity index (χ0v) is 75.0. The zero-order chi connectivity index (χ0) is 95.0. The van der Waals surface area contributed by atoms with Gasteiger partial charge in [0, 0.05) is 161 Å². The minimum absolute atomic E-state index is 0.0875. The van der Waals surface area contributed by atoms with Crippen molar-refractivity contribution in [3.8, 4) is 11.5 Å². The lowest BCUT2D eigenvalue weighted by Crippen LogP contribution is -2.66. The molecule has 3 saturated heterocycles. The zero-order valence-electron chi connectivity index (χ0n) is 75.0. The highest BCUT2D eigenvalue weighted by Crippen LogP contribution is 2.42. The van der Waals surface area contributed by atoms with E-state index in [1.807, 2.05) is 12.1 Å². The molecule has 6 N–H and O–H groups in total. The summed E-state index contributed by atoms with van der Waals surface area (Å²) < 4.78 is 104. The number of esters is 9. The number of hydrogen-bond acceptors (Lipinski definition) is 35. The molecule has 0 radical (unpaired) electrons. The van der Waals surface area contributed by atoms with E-state index >= 15 is 4.79 Å². The quantitative estimate of drug-likeness (QED) is 0.0203. The summed E-state index contributed by atoms with van der Waals surface area (Å²) in [6.45, 7) is 9.45. The molecule has 3 heterocycles. The third-order valence-corrected chi connectivity index (χ3v) is 20.1. The van der Waals surface area contributed by atoms with Gasteiger partial charge in [-0.15, -0.1) is 0 Å². The molecule has 7 unspecified atom stereocenters. The smallest absolute Gasteiger partial charge is 0.303 e. The highest BCUT2D eigenvalue weighted by Gasteiger charge is 2.55. The predicted octanol–water partition coefficient (Wildman–Crippen LogP) is 1.79. The lowest BCUT2D eigenvalue weighted by Gasteiger charge is -2.44. The van der Waals surface area contributed by atoms with Gasteiger partial charge in [0.1, 0.15) is 73.4 Å². The van der Waals surface area contributed by atoms with Crippen molar-refractivity contribution in [3.05, 3.63) is 95.6 Å². The van der Waals surface area contributed by atoms with Gasteiger partial charge in [0.2, 0.25) is 35.4 Å². The molecule has 0 aliphatic carbocycles. The number of amides is 7. The van der Waals surface area contributed by atoms with Gasteiger partial charge < -0.3 is 127 Å². The summed E-state index contributed by atoms with van der Waals surface area (Å²) in [5.74, 6) is -10.3. The highest BCUT2D eigenvalue weighted by atomic mass is 16.7. The van der Waals surface area contributed by atoms with Gasteiger partial charge in [-0.2, -0.15) is 0 Å². The Morgan fingerprint density at radius 3 is 1.01 bits per heavy atom. The molecular weight excluding hydrogens is 1700 g/mol. The van der Waals surface area contributed by atoms with Crippen molar-refractivity contribution in [2.75, 3.05) is 99.7 Å². The SMILES string of the molecule is COc1ccc(C(OCC(O)C(=O)N(CCNC(=O)CCCCO[C@@H]2OC(COC(C)=O)[C@H](OC(C)=O)[C@H](OC(C)=O)C2NC(C)=O)CCN(CCNC(=O)CCCCO[C@@H]2OC(COC(C)=O)[C@H](OC(C)=O)[C@H](OC(C)=O)C2NC(C)=O)C(=O)CCCCO[C@@H]2OC(COC(C)=O)[C@H](OC(C)=O)[C@H](OC(C)=O)C2NC(C)=O)(c2ccccc2)c2ccc(OC)cc2)cc1. The molecule has 3 fully saturated rings. The van der Waals surface area contributed by atoms with Gasteiger partial charge in [0.25, 0.3) is 5.91 Å². The Kier molecular flexibility index (Phi) is 44.5. The Morgan fingerprint density at radius 1 is 0.380 bits per heavy atom. The molecule has 6 rings (SSSR count). The first-order valence-corrected chi connectivity index (χ1v) is 42.2. The van der Waals surface area contributed by atoms with Gasteiger partial charge >= 0.3 is 53.7 Å². The second-order valence-corrected chi connectivity index (χ2v) is 30.4. The van der Waals surface area contributed by atoms with Crippen LogP contribution in [0.4, 0.5) is 0 Å². The summed E-state index contributed by atoms with van der Waals surface area (Å²) >= 11 is 0. The number of unbranched alkanes of at least 4 members (excludes halogenated alkanes) is 3.